The van der Waals surface area contributed by atoms with E-state index < -0.39 is 0 Å². The van der Waals surface area contributed by atoms with Crippen molar-refractivity contribution in [2.75, 3.05) is 26.3 Å². The zero-order chi connectivity index (χ0) is 10.7. The van der Waals surface area contributed by atoms with Crippen molar-refractivity contribution in [1.29, 1.82) is 0 Å². The second-order valence-electron chi connectivity index (χ2n) is 3.15. The predicted octanol–water partition coefficient (Wildman–Crippen LogP) is 0.910. The van der Waals surface area contributed by atoms with Gasteiger partial charge in [0, 0.05) is 13.1 Å². The molecule has 1 saturated heterocycles. The van der Waals surface area contributed by atoms with E-state index in [4.69, 9.17) is 20.8 Å². The molecule has 2 heterocycles. The van der Waals surface area contributed by atoms with Crippen LogP contribution in [0.1, 0.15) is 10.4 Å². The Morgan fingerprint density at radius 1 is 1.47 bits per heavy atom. The zero-order valence-electron chi connectivity index (χ0n) is 8.03. The van der Waals surface area contributed by atoms with Crippen molar-refractivity contribution in [2.45, 2.75) is 0 Å². The first-order valence-electron chi connectivity index (χ1n) is 4.64. The summed E-state index contributed by atoms with van der Waals surface area (Å²) in [5, 5.41) is 1.91. The molecule has 0 aliphatic carbocycles. The molecule has 82 valence electrons. The molecule has 6 heteroatoms. The molecular weight excluding hydrogens is 220 g/mol. The number of furan rings is 1. The molecule has 0 aromatic carbocycles. The Kier molecular flexibility index (Phi) is 3.25. The molecule has 0 radical (unpaired) electrons. The Bertz CT molecular complexity index is 347. The van der Waals surface area contributed by atoms with Gasteiger partial charge in [-0.25, -0.2) is 5.01 Å². The second kappa shape index (κ2) is 4.65. The topological polar surface area (TPSA) is 54.7 Å². The first-order valence-corrected chi connectivity index (χ1v) is 5.02. The largest absolute Gasteiger partial charge is 0.452 e. The summed E-state index contributed by atoms with van der Waals surface area (Å²) in [6.07, 6.45) is 1.39. The summed E-state index contributed by atoms with van der Waals surface area (Å²) in [4.78, 5) is 11.7. The maximum Gasteiger partial charge on any atom is 0.270 e. The highest BCUT2D eigenvalue weighted by Crippen LogP contribution is 2.16. The molecule has 5 nitrogen and oxygen atoms in total. The quantitative estimate of drug-likeness (QED) is 0.821. The fraction of sp³-hybridized carbons (Fsp3) is 0.444. The van der Waals surface area contributed by atoms with Crippen LogP contribution in [0.4, 0.5) is 0 Å². The highest BCUT2D eigenvalue weighted by atomic mass is 35.5. The van der Waals surface area contributed by atoms with Gasteiger partial charge in [0.2, 0.25) is 5.22 Å². The minimum absolute atomic E-state index is 0.112. The van der Waals surface area contributed by atoms with E-state index in [2.05, 4.69) is 5.43 Å². The van der Waals surface area contributed by atoms with Crippen LogP contribution < -0.4 is 5.43 Å². The van der Waals surface area contributed by atoms with E-state index in [1.807, 2.05) is 0 Å². The Morgan fingerprint density at radius 3 is 2.80 bits per heavy atom. The number of morpholine rings is 1. The van der Waals surface area contributed by atoms with Crippen LogP contribution in [0.25, 0.3) is 0 Å². The van der Waals surface area contributed by atoms with E-state index in [9.17, 15) is 4.79 Å². The number of ether oxygens (including phenoxy) is 1. The van der Waals surface area contributed by atoms with Crippen LogP contribution in [0.5, 0.6) is 0 Å². The van der Waals surface area contributed by atoms with E-state index in [0.717, 1.165) is 0 Å². The Labute approximate surface area is 91.9 Å². The van der Waals surface area contributed by atoms with Crippen LogP contribution in [0.3, 0.4) is 0 Å². The lowest BCUT2D eigenvalue weighted by molar-refractivity contribution is 0.0126. The summed E-state index contributed by atoms with van der Waals surface area (Å²) in [5.74, 6) is -0.254. The van der Waals surface area contributed by atoms with Crippen molar-refractivity contribution in [3.05, 3.63) is 23.1 Å². The van der Waals surface area contributed by atoms with Crippen molar-refractivity contribution < 1.29 is 13.9 Å². The van der Waals surface area contributed by atoms with E-state index >= 15 is 0 Å². The molecule has 0 spiro atoms. The van der Waals surface area contributed by atoms with Crippen LogP contribution >= 0.6 is 11.6 Å². The number of rotatable bonds is 2. The van der Waals surface area contributed by atoms with Crippen LogP contribution in [-0.4, -0.2) is 37.2 Å². The summed E-state index contributed by atoms with van der Waals surface area (Å²) in [6, 6.07) is 1.54. The van der Waals surface area contributed by atoms with Crippen LogP contribution in [0.15, 0.2) is 16.7 Å². The number of amides is 1. The number of hydrogen-bond donors (Lipinski definition) is 1. The molecule has 1 aliphatic rings. The van der Waals surface area contributed by atoms with Gasteiger partial charge >= 0.3 is 0 Å². The SMILES string of the molecule is O=C(NN1CCOCC1)c1ccoc1Cl. The lowest BCUT2D eigenvalue weighted by Crippen LogP contribution is -2.48. The third kappa shape index (κ3) is 2.50. The number of carbonyl (C=O) groups is 1. The monoisotopic (exact) mass is 230 g/mol. The van der Waals surface area contributed by atoms with E-state index in [1.54, 1.807) is 5.01 Å². The van der Waals surface area contributed by atoms with Gasteiger partial charge < -0.3 is 9.15 Å². The van der Waals surface area contributed by atoms with Crippen LogP contribution in [0, 0.1) is 0 Å². The maximum absolute atomic E-state index is 11.7. The Balaban J connectivity index is 1.94. The van der Waals surface area contributed by atoms with E-state index in [1.165, 1.54) is 12.3 Å². The summed E-state index contributed by atoms with van der Waals surface area (Å²) < 4.78 is 9.99. The molecule has 0 unspecified atom stereocenters. The number of hydrogen-bond acceptors (Lipinski definition) is 4. The third-order valence-electron chi connectivity index (χ3n) is 2.13. The van der Waals surface area contributed by atoms with Gasteiger partial charge in [0.05, 0.1) is 25.0 Å². The summed E-state index contributed by atoms with van der Waals surface area (Å²) in [5.41, 5.74) is 3.08. The summed E-state index contributed by atoms with van der Waals surface area (Å²) in [7, 11) is 0. The molecule has 1 aromatic heterocycles. The van der Waals surface area contributed by atoms with Crippen molar-refractivity contribution in [3.8, 4) is 0 Å². The maximum atomic E-state index is 11.7. The number of nitrogens with one attached hydrogen (secondary N) is 1. The molecule has 1 aromatic rings. The molecule has 0 atom stereocenters. The van der Waals surface area contributed by atoms with Crippen molar-refractivity contribution in [2.24, 2.45) is 0 Å². The Morgan fingerprint density at radius 2 is 2.20 bits per heavy atom. The molecule has 1 fully saturated rings. The van der Waals surface area contributed by atoms with Gasteiger partial charge in [0.15, 0.2) is 0 Å². The smallest absolute Gasteiger partial charge is 0.270 e. The normalized spacial score (nSPS) is 17.7. The lowest BCUT2D eigenvalue weighted by atomic mass is 10.3. The van der Waals surface area contributed by atoms with Gasteiger partial charge in [-0.1, -0.05) is 0 Å². The van der Waals surface area contributed by atoms with Gasteiger partial charge in [-0.15, -0.1) is 0 Å². The minimum Gasteiger partial charge on any atom is -0.452 e. The molecule has 1 aliphatic heterocycles. The predicted molar refractivity (Wildman–Crippen MR) is 53.6 cm³/mol. The third-order valence-corrected chi connectivity index (χ3v) is 2.43. The molecule has 2 rings (SSSR count). The van der Waals surface area contributed by atoms with Gasteiger partial charge in [-0.05, 0) is 17.7 Å². The summed E-state index contributed by atoms with van der Waals surface area (Å²) >= 11 is 5.68. The first kappa shape index (κ1) is 10.5. The van der Waals surface area contributed by atoms with E-state index in [-0.39, 0.29) is 11.1 Å². The average Bonchev–Trinajstić information content (AvgIpc) is 2.66. The molecule has 1 amide bonds. The standard InChI is InChI=1S/C9H11ClN2O3/c10-8-7(1-4-15-8)9(13)11-12-2-5-14-6-3-12/h1,4H,2-3,5-6H2,(H,11,13). The van der Waals surface area contributed by atoms with Crippen molar-refractivity contribution in [1.82, 2.24) is 10.4 Å². The fourth-order valence-corrected chi connectivity index (χ4v) is 1.53. The molecule has 0 saturated carbocycles. The van der Waals surface area contributed by atoms with Gasteiger partial charge in [-0.2, -0.15) is 0 Å². The van der Waals surface area contributed by atoms with Crippen molar-refractivity contribution in [3.63, 3.8) is 0 Å². The lowest BCUT2D eigenvalue weighted by Gasteiger charge is -2.26. The molecule has 1 N–H and O–H groups in total. The highest BCUT2D eigenvalue weighted by molar-refractivity contribution is 6.32. The minimum atomic E-state index is -0.254. The molecule has 15 heavy (non-hydrogen) atoms. The molecular formula is C9H11ClN2O3. The zero-order valence-corrected chi connectivity index (χ0v) is 8.79. The number of halogens is 1. The fourth-order valence-electron chi connectivity index (χ4n) is 1.33. The van der Waals surface area contributed by atoms with E-state index in [0.29, 0.717) is 31.9 Å². The van der Waals surface area contributed by atoms with Gasteiger partial charge in [-0.3, -0.25) is 10.2 Å². The van der Waals surface area contributed by atoms with Crippen LogP contribution in [0.2, 0.25) is 5.22 Å². The van der Waals surface area contributed by atoms with Gasteiger partial charge in [0.25, 0.3) is 5.91 Å². The number of hydrazine groups is 1. The molecule has 0 bridgehead atoms. The Hall–Kier alpha value is -1.04. The summed E-state index contributed by atoms with van der Waals surface area (Å²) in [6.45, 7) is 2.61. The average molecular weight is 231 g/mol. The van der Waals surface area contributed by atoms with Crippen molar-refractivity contribution >= 4 is 17.5 Å². The first-order chi connectivity index (χ1) is 7.27. The number of carbonyl (C=O) groups excluding carboxylic acids is 1. The van der Waals surface area contributed by atoms with Crippen LogP contribution in [-0.2, 0) is 4.74 Å². The second-order valence-corrected chi connectivity index (χ2v) is 3.49. The van der Waals surface area contributed by atoms with Gasteiger partial charge in [0.1, 0.15) is 0 Å². The highest BCUT2D eigenvalue weighted by Gasteiger charge is 2.17. The number of nitrogens with zero attached hydrogens (tertiary/aromatic N) is 1.